The smallest absolute Gasteiger partial charge is 0.286 e. The third-order valence-corrected chi connectivity index (χ3v) is 7.50. The number of ketones is 2. The maximum Gasteiger partial charge on any atom is 0.286 e. The Balaban J connectivity index is 1.80. The maximum atomic E-state index is 13.1. The third-order valence-electron chi connectivity index (χ3n) is 7.50. The molecule has 5 nitrogen and oxygen atoms in total. The van der Waals surface area contributed by atoms with Crippen molar-refractivity contribution < 1.29 is 24.2 Å². The van der Waals surface area contributed by atoms with Gasteiger partial charge >= 0.3 is 0 Å². The van der Waals surface area contributed by atoms with Crippen LogP contribution in [0.3, 0.4) is 0 Å². The Morgan fingerprint density at radius 2 is 1.92 bits per heavy atom. The van der Waals surface area contributed by atoms with Crippen LogP contribution in [0.1, 0.15) is 53.4 Å². The second-order valence-corrected chi connectivity index (χ2v) is 9.23. The van der Waals surface area contributed by atoms with Crippen molar-refractivity contribution in [1.29, 1.82) is 0 Å². The Morgan fingerprint density at radius 3 is 2.62 bits per heavy atom. The zero-order chi connectivity index (χ0) is 18.9. The molecule has 0 saturated heterocycles. The number of ether oxygens (including phenoxy) is 2. The van der Waals surface area contributed by atoms with E-state index in [9.17, 15) is 14.7 Å². The highest BCUT2D eigenvalue weighted by Crippen LogP contribution is 2.63. The summed E-state index contributed by atoms with van der Waals surface area (Å²) in [4.78, 5) is 25.7. The van der Waals surface area contributed by atoms with Crippen LogP contribution in [-0.2, 0) is 19.1 Å². The first-order chi connectivity index (χ1) is 12.1. The zero-order valence-corrected chi connectivity index (χ0v) is 16.0. The summed E-state index contributed by atoms with van der Waals surface area (Å²) in [7, 11) is 0. The molecule has 2 aliphatic carbocycles. The average Bonchev–Trinajstić information content (AvgIpc) is 2.57. The van der Waals surface area contributed by atoms with Crippen LogP contribution in [0.2, 0.25) is 0 Å². The predicted octanol–water partition coefficient (Wildman–Crippen LogP) is 2.92. The summed E-state index contributed by atoms with van der Waals surface area (Å²) in [6, 6.07) is 0. The highest BCUT2D eigenvalue weighted by Gasteiger charge is 2.64. The minimum absolute atomic E-state index is 0.00876. The topological polar surface area (TPSA) is 72.8 Å². The fourth-order valence-corrected chi connectivity index (χ4v) is 5.91. The first kappa shape index (κ1) is 17.8. The quantitative estimate of drug-likeness (QED) is 0.778. The summed E-state index contributed by atoms with van der Waals surface area (Å²) in [5.74, 6) is 0.430. The molecule has 4 aliphatic rings. The standard InChI is InChI=1S/C21H28O5/c1-12-9-14(23)13-10-16-20(3,26-18(13)25-12)8-5-15-19(2,11-22)7-6-17(24)21(15,16)4/h6-7,12,15-16,22H,5,8-11H2,1-4H3/t12-,15-,16+,19+,20-,21+/m1/s1. The van der Waals surface area contributed by atoms with E-state index in [1.807, 2.05) is 33.8 Å². The van der Waals surface area contributed by atoms with E-state index in [1.165, 1.54) is 0 Å². The van der Waals surface area contributed by atoms with Gasteiger partial charge in [-0.05, 0) is 45.1 Å². The number of Topliss-reactive ketones (excluding diaryl/α,β-unsaturated/α-hetero) is 1. The van der Waals surface area contributed by atoms with Gasteiger partial charge in [0, 0.05) is 23.2 Å². The van der Waals surface area contributed by atoms with Crippen molar-refractivity contribution in [3.63, 3.8) is 0 Å². The van der Waals surface area contributed by atoms with E-state index < -0.39 is 16.4 Å². The molecule has 0 aromatic carbocycles. The summed E-state index contributed by atoms with van der Waals surface area (Å²) in [5.41, 5.74) is -1.04. The molecule has 2 aliphatic heterocycles. The molecular weight excluding hydrogens is 332 g/mol. The minimum Gasteiger partial charge on any atom is -0.462 e. The fourth-order valence-electron chi connectivity index (χ4n) is 5.91. The Morgan fingerprint density at radius 1 is 1.19 bits per heavy atom. The molecule has 1 N–H and O–H groups in total. The Bertz CT molecular complexity index is 737. The number of aliphatic hydroxyl groups excluding tert-OH is 1. The highest BCUT2D eigenvalue weighted by molar-refractivity contribution is 5.98. The van der Waals surface area contributed by atoms with Crippen LogP contribution in [0.4, 0.5) is 0 Å². The van der Waals surface area contributed by atoms with E-state index in [1.54, 1.807) is 6.08 Å². The van der Waals surface area contributed by atoms with Crippen LogP contribution in [0.25, 0.3) is 0 Å². The van der Waals surface area contributed by atoms with E-state index in [-0.39, 0.29) is 36.1 Å². The SMILES string of the molecule is C[C@@H]1CC(=O)C2=C(O1)O[C@]1(C)CC[C@H]3[C@](C)(C(=O)C=C[C@@]3(C)CO)[C@H]1C2. The van der Waals surface area contributed by atoms with Crippen molar-refractivity contribution in [3.05, 3.63) is 23.7 Å². The van der Waals surface area contributed by atoms with E-state index in [0.29, 0.717) is 24.4 Å². The summed E-state index contributed by atoms with van der Waals surface area (Å²) in [6.07, 6.45) is 5.75. The molecule has 4 rings (SSSR count). The zero-order valence-electron chi connectivity index (χ0n) is 16.0. The Hall–Kier alpha value is -1.62. The summed E-state index contributed by atoms with van der Waals surface area (Å²) < 4.78 is 12.1. The van der Waals surface area contributed by atoms with Crippen molar-refractivity contribution in [2.75, 3.05) is 6.61 Å². The predicted molar refractivity (Wildman–Crippen MR) is 95.0 cm³/mol. The summed E-state index contributed by atoms with van der Waals surface area (Å²) in [5, 5.41) is 10.0. The number of rotatable bonds is 1. The molecule has 142 valence electrons. The van der Waals surface area contributed by atoms with E-state index in [4.69, 9.17) is 9.47 Å². The maximum absolute atomic E-state index is 13.1. The molecule has 0 amide bonds. The number of fused-ring (bicyclic) bond motifs is 3. The van der Waals surface area contributed by atoms with Crippen molar-refractivity contribution >= 4 is 11.6 Å². The largest absolute Gasteiger partial charge is 0.462 e. The Labute approximate surface area is 154 Å². The highest BCUT2D eigenvalue weighted by atomic mass is 16.7. The summed E-state index contributed by atoms with van der Waals surface area (Å²) >= 11 is 0. The fraction of sp³-hybridized carbons (Fsp3) is 0.714. The van der Waals surface area contributed by atoms with Crippen molar-refractivity contribution in [2.24, 2.45) is 22.7 Å². The first-order valence-electron chi connectivity index (χ1n) is 9.60. The van der Waals surface area contributed by atoms with Crippen LogP contribution < -0.4 is 0 Å². The lowest BCUT2D eigenvalue weighted by atomic mass is 9.45. The van der Waals surface area contributed by atoms with Crippen molar-refractivity contribution in [2.45, 2.75) is 65.1 Å². The lowest BCUT2D eigenvalue weighted by Gasteiger charge is -2.60. The van der Waals surface area contributed by atoms with Gasteiger partial charge in [0.15, 0.2) is 11.6 Å². The average molecular weight is 360 g/mol. The van der Waals surface area contributed by atoms with Gasteiger partial charge in [0.25, 0.3) is 5.95 Å². The van der Waals surface area contributed by atoms with Gasteiger partial charge in [0.1, 0.15) is 11.7 Å². The lowest BCUT2D eigenvalue weighted by Crippen LogP contribution is -2.63. The molecule has 2 heterocycles. The number of carbonyl (C=O) groups excluding carboxylic acids is 2. The number of carbonyl (C=O) groups is 2. The normalized spacial score (nSPS) is 47.5. The van der Waals surface area contributed by atoms with Crippen LogP contribution in [0.5, 0.6) is 0 Å². The van der Waals surface area contributed by atoms with Crippen molar-refractivity contribution in [1.82, 2.24) is 0 Å². The van der Waals surface area contributed by atoms with Gasteiger partial charge in [0.05, 0.1) is 12.2 Å². The molecule has 1 saturated carbocycles. The van der Waals surface area contributed by atoms with Crippen LogP contribution in [-0.4, -0.2) is 35.0 Å². The van der Waals surface area contributed by atoms with E-state index in [2.05, 4.69) is 0 Å². The second kappa shape index (κ2) is 5.44. The van der Waals surface area contributed by atoms with Gasteiger partial charge in [0.2, 0.25) is 0 Å². The van der Waals surface area contributed by atoms with E-state index >= 15 is 0 Å². The molecule has 0 radical (unpaired) electrons. The van der Waals surface area contributed by atoms with Gasteiger partial charge in [-0.25, -0.2) is 0 Å². The lowest BCUT2D eigenvalue weighted by molar-refractivity contribution is -0.204. The van der Waals surface area contributed by atoms with Gasteiger partial charge in [-0.1, -0.05) is 19.9 Å². The second-order valence-electron chi connectivity index (χ2n) is 9.23. The van der Waals surface area contributed by atoms with Gasteiger partial charge in [-0.15, -0.1) is 0 Å². The molecule has 0 aromatic rings. The van der Waals surface area contributed by atoms with Gasteiger partial charge < -0.3 is 14.6 Å². The van der Waals surface area contributed by atoms with Crippen molar-refractivity contribution in [3.8, 4) is 0 Å². The molecule has 1 fully saturated rings. The van der Waals surface area contributed by atoms with Gasteiger partial charge in [-0.3, -0.25) is 9.59 Å². The summed E-state index contributed by atoms with van der Waals surface area (Å²) in [6.45, 7) is 7.95. The Kier molecular flexibility index (Phi) is 3.72. The number of aliphatic hydroxyl groups is 1. The molecule has 0 bridgehead atoms. The number of allylic oxidation sites excluding steroid dienone is 2. The molecule has 0 spiro atoms. The van der Waals surface area contributed by atoms with Gasteiger partial charge in [-0.2, -0.15) is 0 Å². The molecule has 0 aromatic heterocycles. The minimum atomic E-state index is -0.666. The monoisotopic (exact) mass is 360 g/mol. The molecule has 5 heteroatoms. The molecule has 26 heavy (non-hydrogen) atoms. The molecular formula is C21H28O5. The molecule has 0 unspecified atom stereocenters. The van der Waals surface area contributed by atoms with Crippen LogP contribution >= 0.6 is 0 Å². The van der Waals surface area contributed by atoms with E-state index in [0.717, 1.165) is 12.8 Å². The number of hydrogen-bond donors (Lipinski definition) is 1. The van der Waals surface area contributed by atoms with Crippen LogP contribution in [0.15, 0.2) is 23.7 Å². The number of hydrogen-bond acceptors (Lipinski definition) is 5. The third kappa shape index (κ3) is 2.19. The van der Waals surface area contributed by atoms with Crippen LogP contribution in [0, 0.1) is 22.7 Å². The first-order valence-corrected chi connectivity index (χ1v) is 9.60. The molecule has 6 atom stereocenters.